The molecule has 2 heterocycles. The fourth-order valence-corrected chi connectivity index (χ4v) is 4.54. The van der Waals surface area contributed by atoms with E-state index < -0.39 is 0 Å². The van der Waals surface area contributed by atoms with Crippen molar-refractivity contribution in [1.29, 1.82) is 0 Å². The van der Waals surface area contributed by atoms with E-state index in [-0.39, 0.29) is 0 Å². The van der Waals surface area contributed by atoms with Gasteiger partial charge in [-0.2, -0.15) is 0 Å². The Labute approximate surface area is 189 Å². The Morgan fingerprint density at radius 1 is 0.688 bits per heavy atom. The summed E-state index contributed by atoms with van der Waals surface area (Å²) < 4.78 is 5.06. The van der Waals surface area contributed by atoms with Crippen LogP contribution in [0.3, 0.4) is 0 Å². The Kier molecular flexibility index (Phi) is 4.44. The van der Waals surface area contributed by atoms with Gasteiger partial charge >= 0.3 is 0 Å². The summed E-state index contributed by atoms with van der Waals surface area (Å²) in [7, 11) is 0. The Morgan fingerprint density at radius 3 is 2.38 bits per heavy atom. The Hall–Kier alpha value is -4.02. The van der Waals surface area contributed by atoms with E-state index in [2.05, 4.69) is 75.6 Å². The van der Waals surface area contributed by atoms with Crippen LogP contribution in [0.5, 0.6) is 5.75 Å². The molecule has 0 fully saturated rings. The quantitative estimate of drug-likeness (QED) is 0.277. The third kappa shape index (κ3) is 2.96. The number of pyridine rings is 1. The first-order chi connectivity index (χ1) is 15.8. The Balaban J connectivity index is 1.72. The SMILES string of the molecule is ClOc1ccc(-c2c3ccccc3cc3cc(-c4cncnc4)ccc23)c2cccnc12. The van der Waals surface area contributed by atoms with E-state index in [4.69, 9.17) is 16.2 Å². The summed E-state index contributed by atoms with van der Waals surface area (Å²) in [4.78, 5) is 12.9. The van der Waals surface area contributed by atoms with Crippen molar-refractivity contribution >= 4 is 44.3 Å². The minimum atomic E-state index is 0.543. The van der Waals surface area contributed by atoms with Crippen molar-refractivity contribution in [2.75, 3.05) is 0 Å². The van der Waals surface area contributed by atoms with Gasteiger partial charge < -0.3 is 4.29 Å². The van der Waals surface area contributed by atoms with Gasteiger partial charge in [0.05, 0.1) is 0 Å². The number of benzene rings is 4. The van der Waals surface area contributed by atoms with Crippen LogP contribution in [0.25, 0.3) is 54.7 Å². The van der Waals surface area contributed by atoms with E-state index >= 15 is 0 Å². The molecule has 0 aliphatic carbocycles. The highest BCUT2D eigenvalue weighted by Crippen LogP contribution is 2.42. The van der Waals surface area contributed by atoms with Gasteiger partial charge in [-0.15, -0.1) is 0 Å². The van der Waals surface area contributed by atoms with Crippen LogP contribution in [0.1, 0.15) is 0 Å². The molecule has 0 atom stereocenters. The van der Waals surface area contributed by atoms with Crippen LogP contribution in [0.15, 0.2) is 97.7 Å². The molecule has 0 aliphatic rings. The van der Waals surface area contributed by atoms with Crippen LogP contribution >= 0.6 is 11.9 Å². The third-order valence-electron chi connectivity index (χ3n) is 5.84. The molecule has 5 heteroatoms. The predicted molar refractivity (Wildman–Crippen MR) is 130 cm³/mol. The van der Waals surface area contributed by atoms with Crippen molar-refractivity contribution in [3.63, 3.8) is 0 Å². The summed E-state index contributed by atoms with van der Waals surface area (Å²) in [6.07, 6.45) is 6.96. The summed E-state index contributed by atoms with van der Waals surface area (Å²) in [6.45, 7) is 0. The molecule has 4 aromatic carbocycles. The fraction of sp³-hybridized carbons (Fsp3) is 0. The van der Waals surface area contributed by atoms with Gasteiger partial charge in [0.1, 0.15) is 23.7 Å². The third-order valence-corrected chi connectivity index (χ3v) is 6.01. The average Bonchev–Trinajstić information content (AvgIpc) is 2.87. The van der Waals surface area contributed by atoms with Gasteiger partial charge in [0.2, 0.25) is 0 Å². The van der Waals surface area contributed by atoms with Crippen molar-refractivity contribution in [1.82, 2.24) is 15.0 Å². The number of fused-ring (bicyclic) bond motifs is 3. The lowest BCUT2D eigenvalue weighted by Crippen LogP contribution is -1.91. The zero-order valence-corrected chi connectivity index (χ0v) is 17.6. The van der Waals surface area contributed by atoms with Crippen LogP contribution in [0.2, 0.25) is 0 Å². The van der Waals surface area contributed by atoms with Gasteiger partial charge in [0.15, 0.2) is 5.75 Å². The van der Waals surface area contributed by atoms with Crippen molar-refractivity contribution in [3.05, 3.63) is 97.7 Å². The van der Waals surface area contributed by atoms with Crippen LogP contribution in [-0.4, -0.2) is 15.0 Å². The standard InChI is InChI=1S/C27H16ClN3O/c28-32-25-10-9-23(24-6-3-11-31-27(24)25)26-21-5-2-1-4-18(21)13-19-12-17(7-8-22(19)26)20-14-29-16-30-15-20/h1-16H. The molecule has 0 saturated heterocycles. The van der Waals surface area contributed by atoms with Gasteiger partial charge in [-0.3, -0.25) is 4.98 Å². The largest absolute Gasteiger partial charge is 0.383 e. The van der Waals surface area contributed by atoms with Crippen LogP contribution in [0.4, 0.5) is 0 Å². The van der Waals surface area contributed by atoms with Crippen LogP contribution in [-0.2, 0) is 0 Å². The second-order valence-electron chi connectivity index (χ2n) is 7.62. The second kappa shape index (κ2) is 7.59. The van der Waals surface area contributed by atoms with Crippen molar-refractivity contribution in [2.45, 2.75) is 0 Å². The van der Waals surface area contributed by atoms with E-state index in [1.54, 1.807) is 12.5 Å². The molecule has 0 unspecified atom stereocenters. The highest BCUT2D eigenvalue weighted by molar-refractivity contribution is 6.18. The summed E-state index contributed by atoms with van der Waals surface area (Å²) in [5, 5.41) is 5.65. The summed E-state index contributed by atoms with van der Waals surface area (Å²) in [5.74, 6) is 0.543. The lowest BCUT2D eigenvalue weighted by Gasteiger charge is -2.15. The maximum atomic E-state index is 5.72. The molecule has 0 radical (unpaired) electrons. The molecule has 0 N–H and O–H groups in total. The zero-order valence-electron chi connectivity index (χ0n) is 16.9. The molecule has 152 valence electrons. The number of hydrogen-bond acceptors (Lipinski definition) is 4. The topological polar surface area (TPSA) is 47.9 Å². The molecule has 0 amide bonds. The molecule has 6 aromatic rings. The Morgan fingerprint density at radius 2 is 1.50 bits per heavy atom. The van der Waals surface area contributed by atoms with E-state index in [0.29, 0.717) is 5.75 Å². The normalized spacial score (nSPS) is 11.3. The molecule has 0 spiro atoms. The molecule has 6 rings (SSSR count). The molecule has 2 aromatic heterocycles. The van der Waals surface area contributed by atoms with Gasteiger partial charge in [-0.25, -0.2) is 9.97 Å². The summed E-state index contributed by atoms with van der Waals surface area (Å²) >= 11 is 5.72. The minimum Gasteiger partial charge on any atom is -0.383 e. The van der Waals surface area contributed by atoms with Crippen molar-refractivity contribution in [3.8, 4) is 28.0 Å². The molecule has 32 heavy (non-hydrogen) atoms. The number of rotatable bonds is 3. The second-order valence-corrected chi connectivity index (χ2v) is 7.78. The van der Waals surface area contributed by atoms with E-state index in [9.17, 15) is 0 Å². The van der Waals surface area contributed by atoms with Crippen molar-refractivity contribution < 1.29 is 4.29 Å². The molecule has 0 saturated carbocycles. The van der Waals surface area contributed by atoms with Crippen molar-refractivity contribution in [2.24, 2.45) is 0 Å². The molecular weight excluding hydrogens is 418 g/mol. The Bertz CT molecular complexity index is 1620. The first-order valence-electron chi connectivity index (χ1n) is 10.2. The fourth-order valence-electron chi connectivity index (χ4n) is 4.42. The maximum Gasteiger partial charge on any atom is 0.172 e. The molecule has 0 bridgehead atoms. The predicted octanol–water partition coefficient (Wildman–Crippen LogP) is 7.20. The van der Waals surface area contributed by atoms with Crippen LogP contribution in [0, 0.1) is 0 Å². The molecular formula is C27H16ClN3O. The maximum absolute atomic E-state index is 5.72. The summed E-state index contributed by atoms with van der Waals surface area (Å²) in [5.41, 5.74) is 5.05. The van der Waals surface area contributed by atoms with E-state index in [1.807, 2.05) is 24.5 Å². The number of nitrogens with zero attached hydrogens (tertiary/aromatic N) is 3. The van der Waals surface area contributed by atoms with Gasteiger partial charge in [0.25, 0.3) is 0 Å². The molecule has 4 nitrogen and oxygen atoms in total. The lowest BCUT2D eigenvalue weighted by atomic mass is 9.89. The lowest BCUT2D eigenvalue weighted by molar-refractivity contribution is 0.625. The van der Waals surface area contributed by atoms with Gasteiger partial charge in [-0.05, 0) is 68.6 Å². The number of aromatic nitrogens is 3. The monoisotopic (exact) mass is 433 g/mol. The zero-order chi connectivity index (χ0) is 21.5. The first kappa shape index (κ1) is 18.7. The van der Waals surface area contributed by atoms with E-state index in [0.717, 1.165) is 43.9 Å². The number of halogens is 1. The average molecular weight is 434 g/mol. The molecule has 0 aliphatic heterocycles. The highest BCUT2D eigenvalue weighted by Gasteiger charge is 2.16. The minimum absolute atomic E-state index is 0.543. The van der Waals surface area contributed by atoms with E-state index in [1.165, 1.54) is 10.8 Å². The van der Waals surface area contributed by atoms with Crippen LogP contribution < -0.4 is 4.29 Å². The smallest absolute Gasteiger partial charge is 0.172 e. The van der Waals surface area contributed by atoms with Gasteiger partial charge in [0, 0.05) is 29.5 Å². The first-order valence-corrected chi connectivity index (χ1v) is 10.5. The highest BCUT2D eigenvalue weighted by atomic mass is 35.5. The van der Waals surface area contributed by atoms with Gasteiger partial charge in [-0.1, -0.05) is 42.5 Å². The summed E-state index contributed by atoms with van der Waals surface area (Å²) in [6, 6.07) is 25.1. The number of hydrogen-bond donors (Lipinski definition) is 0.